The van der Waals surface area contributed by atoms with Gasteiger partial charge in [0.25, 0.3) is 0 Å². The minimum Gasteiger partial charge on any atom is -0.465 e. The number of anilines is 2. The first-order chi connectivity index (χ1) is 28.0. The van der Waals surface area contributed by atoms with Crippen LogP contribution in [0, 0.1) is 0 Å². The maximum Gasteiger partial charge on any atom is 0.339 e. The molecule has 308 valence electrons. The number of methoxy groups -OCH3 is 1. The number of pyridine rings is 2. The van der Waals surface area contributed by atoms with Gasteiger partial charge in [-0.05, 0) is 73.8 Å². The van der Waals surface area contributed by atoms with Crippen molar-refractivity contribution >= 4 is 58.4 Å². The largest absolute Gasteiger partial charge is 0.465 e. The van der Waals surface area contributed by atoms with E-state index in [1.165, 1.54) is 19.5 Å². The van der Waals surface area contributed by atoms with Gasteiger partial charge in [0, 0.05) is 91.7 Å². The third-order valence-corrected chi connectivity index (χ3v) is 10.6. The first-order valence-electron chi connectivity index (χ1n) is 19.3. The van der Waals surface area contributed by atoms with Crippen LogP contribution in [0.3, 0.4) is 0 Å². The molecule has 2 aromatic heterocycles. The average Bonchev–Trinajstić information content (AvgIpc) is 3.27. The Balaban J connectivity index is 0.000000221. The molecule has 2 aliphatic rings. The smallest absolute Gasteiger partial charge is 0.339 e. The zero-order valence-corrected chi connectivity index (χ0v) is 34.7. The van der Waals surface area contributed by atoms with E-state index in [-0.39, 0.29) is 37.5 Å². The molecule has 2 aromatic carbocycles. The van der Waals surface area contributed by atoms with Gasteiger partial charge >= 0.3 is 18.0 Å². The Labute approximate surface area is 350 Å². The third kappa shape index (κ3) is 12.0. The fourth-order valence-corrected chi connectivity index (χ4v) is 6.93. The molecule has 6 rings (SSSR count). The molecular formula is C42H51Cl2N9O5. The Hall–Kier alpha value is -5.12. The number of ketones is 1. The van der Waals surface area contributed by atoms with Crippen molar-refractivity contribution in [2.24, 2.45) is 5.73 Å². The van der Waals surface area contributed by atoms with E-state index in [2.05, 4.69) is 33.6 Å². The van der Waals surface area contributed by atoms with E-state index < -0.39 is 5.97 Å². The monoisotopic (exact) mass is 831 g/mol. The molecule has 0 unspecified atom stereocenters. The number of rotatable bonds is 11. The third-order valence-electron chi connectivity index (χ3n) is 10.1. The van der Waals surface area contributed by atoms with Gasteiger partial charge in [-0.3, -0.25) is 24.6 Å². The highest BCUT2D eigenvalue weighted by Gasteiger charge is 2.28. The number of benzene rings is 2. The van der Waals surface area contributed by atoms with E-state index in [1.807, 2.05) is 34.1 Å². The molecule has 0 atom stereocenters. The Kier molecular flexibility index (Phi) is 16.4. The van der Waals surface area contributed by atoms with Gasteiger partial charge in [0.15, 0.2) is 5.78 Å². The molecule has 2 saturated heterocycles. The van der Waals surface area contributed by atoms with Gasteiger partial charge in [-0.25, -0.2) is 14.4 Å². The molecule has 0 bridgehead atoms. The lowest BCUT2D eigenvalue weighted by Gasteiger charge is -2.37. The highest BCUT2D eigenvalue weighted by Crippen LogP contribution is 2.25. The summed E-state index contributed by atoms with van der Waals surface area (Å²) in [6, 6.07) is 21.1. The highest BCUT2D eigenvalue weighted by atomic mass is 35.5. The number of aromatic nitrogens is 2. The number of halogens is 2. The summed E-state index contributed by atoms with van der Waals surface area (Å²) in [5.74, 6) is -0.610. The Morgan fingerprint density at radius 3 is 1.43 bits per heavy atom. The summed E-state index contributed by atoms with van der Waals surface area (Å²) in [5, 5.41) is 1.12. The summed E-state index contributed by atoms with van der Waals surface area (Å²) in [5.41, 5.74) is 9.00. The van der Waals surface area contributed by atoms with Gasteiger partial charge in [-0.2, -0.15) is 0 Å². The molecule has 0 aliphatic carbocycles. The molecule has 4 amide bonds. The van der Waals surface area contributed by atoms with Crippen molar-refractivity contribution in [1.29, 1.82) is 0 Å². The van der Waals surface area contributed by atoms with Gasteiger partial charge < -0.3 is 30.1 Å². The molecule has 0 radical (unpaired) electrons. The fraction of sp³-hybridized carbons (Fsp3) is 0.381. The molecule has 0 saturated carbocycles. The first kappa shape index (κ1) is 44.0. The van der Waals surface area contributed by atoms with Crippen LogP contribution in [-0.4, -0.2) is 132 Å². The number of carbonyl (C=O) groups is 4. The number of hydrogen-bond donors (Lipinski definition) is 1. The minimum atomic E-state index is -0.444. The quantitative estimate of drug-likeness (QED) is 0.143. The van der Waals surface area contributed by atoms with Gasteiger partial charge in [0.1, 0.15) is 0 Å². The van der Waals surface area contributed by atoms with E-state index >= 15 is 0 Å². The number of nitrogens with zero attached hydrogens (tertiary/aromatic N) is 8. The number of Topliss-reactive ketones (excluding diaryl/α,β-unsaturated/α-hetero) is 1. The Morgan fingerprint density at radius 2 is 1.09 bits per heavy atom. The standard InChI is InChI=1S/C21H26ClN5O2.C21H25ClN4O3/c1-2-25-8-10-26(11-9-25)21(29)27(19-5-3-4-17(22)12-19)15-18-7-6-16(14-24-18)20(28)13-23;1-3-24-9-11-25(12-10-24)21(28)26(19-6-4-5-17(22)13-19)15-18-8-7-16(14-23-18)20(27)29-2/h3-7,12,14H,2,8-11,13,15,23H2,1H3;4-8,13-14H,3,9-12,15H2,1-2H3. The fourth-order valence-electron chi connectivity index (χ4n) is 6.56. The lowest BCUT2D eigenvalue weighted by Crippen LogP contribution is -2.52. The number of urea groups is 2. The summed E-state index contributed by atoms with van der Waals surface area (Å²) in [6.07, 6.45) is 2.97. The van der Waals surface area contributed by atoms with E-state index in [9.17, 15) is 19.2 Å². The molecule has 14 nitrogen and oxygen atoms in total. The van der Waals surface area contributed by atoms with E-state index in [0.717, 1.165) is 39.3 Å². The molecule has 16 heteroatoms. The zero-order valence-electron chi connectivity index (χ0n) is 33.2. The topological polar surface area (TPSA) is 149 Å². The maximum absolute atomic E-state index is 13.3. The SMILES string of the molecule is CCN1CCN(C(=O)N(Cc2ccc(C(=O)CN)cn2)c2cccc(Cl)c2)CC1.CCN1CCN(C(=O)N(Cc2ccc(C(=O)OC)cn2)c2cccc(Cl)c2)CC1. The second kappa shape index (κ2) is 21.6. The van der Waals surface area contributed by atoms with Crippen LogP contribution < -0.4 is 15.5 Å². The predicted octanol–water partition coefficient (Wildman–Crippen LogP) is 5.93. The van der Waals surface area contributed by atoms with Gasteiger partial charge in [0.05, 0.1) is 43.7 Å². The maximum atomic E-state index is 13.3. The number of esters is 1. The number of ether oxygens (including phenoxy) is 1. The molecule has 0 spiro atoms. The summed E-state index contributed by atoms with van der Waals surface area (Å²) >= 11 is 12.3. The predicted molar refractivity (Wildman–Crippen MR) is 227 cm³/mol. The zero-order chi connectivity index (χ0) is 41.6. The van der Waals surface area contributed by atoms with Crippen molar-refractivity contribution in [2.75, 3.05) is 88.9 Å². The molecule has 58 heavy (non-hydrogen) atoms. The van der Waals surface area contributed by atoms with Crippen LogP contribution in [0.25, 0.3) is 0 Å². The molecule has 2 aliphatic heterocycles. The van der Waals surface area contributed by atoms with Gasteiger partial charge in [0.2, 0.25) is 0 Å². The molecule has 2 N–H and O–H groups in total. The number of likely N-dealkylation sites (N-methyl/N-ethyl adjacent to an activating group) is 2. The van der Waals surface area contributed by atoms with Crippen LogP contribution in [0.2, 0.25) is 10.0 Å². The van der Waals surface area contributed by atoms with Crippen LogP contribution in [0.15, 0.2) is 85.2 Å². The van der Waals surface area contributed by atoms with Crippen LogP contribution in [0.5, 0.6) is 0 Å². The number of nitrogens with two attached hydrogens (primary N) is 1. The first-order valence-corrected chi connectivity index (χ1v) is 20.1. The molecule has 4 heterocycles. The van der Waals surface area contributed by atoms with E-state index in [4.69, 9.17) is 33.7 Å². The van der Waals surface area contributed by atoms with Crippen molar-refractivity contribution in [1.82, 2.24) is 29.6 Å². The lowest BCUT2D eigenvalue weighted by molar-refractivity contribution is 0.0600. The number of amides is 4. The van der Waals surface area contributed by atoms with E-state index in [0.29, 0.717) is 70.1 Å². The van der Waals surface area contributed by atoms with Crippen molar-refractivity contribution in [3.05, 3.63) is 118 Å². The number of piperazine rings is 2. The highest BCUT2D eigenvalue weighted by molar-refractivity contribution is 6.31. The van der Waals surface area contributed by atoms with Crippen LogP contribution >= 0.6 is 23.2 Å². The summed E-state index contributed by atoms with van der Waals surface area (Å²) in [4.78, 5) is 70.4. The Morgan fingerprint density at radius 1 is 0.655 bits per heavy atom. The van der Waals surface area contributed by atoms with Crippen molar-refractivity contribution in [3.8, 4) is 0 Å². The summed E-state index contributed by atoms with van der Waals surface area (Å²) < 4.78 is 4.71. The second-order valence-electron chi connectivity index (χ2n) is 13.7. The van der Waals surface area contributed by atoms with Crippen molar-refractivity contribution in [2.45, 2.75) is 26.9 Å². The van der Waals surface area contributed by atoms with Crippen LogP contribution in [0.1, 0.15) is 46.0 Å². The van der Waals surface area contributed by atoms with Crippen molar-refractivity contribution in [3.63, 3.8) is 0 Å². The molecule has 2 fully saturated rings. The van der Waals surface area contributed by atoms with Gasteiger partial charge in [-0.1, -0.05) is 49.2 Å². The summed E-state index contributed by atoms with van der Waals surface area (Å²) in [6.45, 7) is 12.9. The average molecular weight is 833 g/mol. The van der Waals surface area contributed by atoms with Crippen LogP contribution in [0.4, 0.5) is 21.0 Å². The minimum absolute atomic E-state index is 0.0576. The molecular weight excluding hydrogens is 781 g/mol. The van der Waals surface area contributed by atoms with Gasteiger partial charge in [-0.15, -0.1) is 0 Å². The number of hydrogen-bond acceptors (Lipinski definition) is 10. The van der Waals surface area contributed by atoms with E-state index in [1.54, 1.807) is 58.3 Å². The number of carbonyl (C=O) groups excluding carboxylic acids is 4. The summed E-state index contributed by atoms with van der Waals surface area (Å²) in [7, 11) is 1.33. The lowest BCUT2D eigenvalue weighted by atomic mass is 10.1. The van der Waals surface area contributed by atoms with Crippen LogP contribution in [-0.2, 0) is 17.8 Å². The second-order valence-corrected chi connectivity index (χ2v) is 14.6. The Bertz CT molecular complexity index is 1840. The molecule has 4 aromatic rings. The normalized spacial score (nSPS) is 14.6. The van der Waals surface area contributed by atoms with Crippen molar-refractivity contribution < 1.29 is 23.9 Å².